The first-order valence-electron chi connectivity index (χ1n) is 6.27. The number of aliphatic hydroxyl groups is 2. The van der Waals surface area contributed by atoms with Crippen LogP contribution in [0.4, 0.5) is 5.82 Å². The van der Waals surface area contributed by atoms with Gasteiger partial charge in [0.05, 0.1) is 19.0 Å². The Morgan fingerprint density at radius 3 is 2.67 bits per heavy atom. The third-order valence-electron chi connectivity index (χ3n) is 2.99. The Morgan fingerprint density at radius 1 is 1.33 bits per heavy atom. The molecule has 3 rings (SSSR count). The third kappa shape index (κ3) is 3.46. The molecule has 0 spiro atoms. The van der Waals surface area contributed by atoms with Crippen molar-refractivity contribution < 1.29 is 14.9 Å². The van der Waals surface area contributed by atoms with Crippen LogP contribution >= 0.6 is 0 Å². The molecule has 2 aromatic rings. The summed E-state index contributed by atoms with van der Waals surface area (Å²) in [6.45, 7) is 0.0419. The smallest absolute Gasteiger partial charge is 0.167 e. The van der Waals surface area contributed by atoms with Crippen LogP contribution in [0.5, 0.6) is 0 Å². The van der Waals surface area contributed by atoms with Gasteiger partial charge in [-0.25, -0.2) is 15.0 Å². The van der Waals surface area contributed by atoms with E-state index in [1.165, 1.54) is 6.33 Å². The largest absolute Gasteiger partial charge is 0.400 e. The molecule has 0 amide bonds. The van der Waals surface area contributed by atoms with Crippen LogP contribution in [0, 0.1) is 12.8 Å². The quantitative estimate of drug-likeness (QED) is 0.663. The van der Waals surface area contributed by atoms with Crippen LogP contribution in [-0.4, -0.2) is 49.6 Å². The van der Waals surface area contributed by atoms with E-state index >= 15 is 0 Å². The number of aromatic nitrogens is 4. The van der Waals surface area contributed by atoms with Gasteiger partial charge in [0.25, 0.3) is 0 Å². The molecule has 8 heteroatoms. The van der Waals surface area contributed by atoms with Crippen molar-refractivity contribution in [3.05, 3.63) is 12.7 Å². The molecule has 0 radical (unpaired) electrons. The molecule has 1 saturated heterocycles. The lowest BCUT2D eigenvalue weighted by atomic mass is 10.2. The summed E-state index contributed by atoms with van der Waals surface area (Å²) in [6.07, 6.45) is 12.5. The zero-order chi connectivity index (χ0) is 15.8. The topological polar surface area (TPSA) is 119 Å². The van der Waals surface area contributed by atoms with Gasteiger partial charge in [-0.2, -0.15) is 0 Å². The molecule has 21 heavy (non-hydrogen) atoms. The Balaban J connectivity index is 0.000000510. The Morgan fingerprint density at radius 2 is 2.05 bits per heavy atom. The molecule has 8 nitrogen and oxygen atoms in total. The van der Waals surface area contributed by atoms with Crippen molar-refractivity contribution in [2.75, 3.05) is 19.5 Å². The molecule has 0 bridgehead atoms. The van der Waals surface area contributed by atoms with E-state index < -0.39 is 0 Å². The lowest BCUT2D eigenvalue weighted by Crippen LogP contribution is -2.14. The Hall–Kier alpha value is -2.21. The summed E-state index contributed by atoms with van der Waals surface area (Å²) in [5.41, 5.74) is 6.97. The van der Waals surface area contributed by atoms with Gasteiger partial charge in [0, 0.05) is 7.11 Å². The van der Waals surface area contributed by atoms with Crippen LogP contribution in [0.25, 0.3) is 11.2 Å². The molecular formula is C13H19N5O3. The summed E-state index contributed by atoms with van der Waals surface area (Å²) in [7, 11) is 1.00. The molecule has 2 atom stereocenters. The average molecular weight is 293 g/mol. The van der Waals surface area contributed by atoms with E-state index in [2.05, 4.69) is 27.8 Å². The SMILES string of the molecule is C#C.CO.Nc1ncnc2c1ncn2C1CCC(CO)O1. The zero-order valence-electron chi connectivity index (χ0n) is 11.8. The number of nitrogen functional groups attached to an aromatic ring is 1. The van der Waals surface area contributed by atoms with Crippen LogP contribution in [0.1, 0.15) is 19.1 Å². The highest BCUT2D eigenvalue weighted by atomic mass is 16.5. The second-order valence-electron chi connectivity index (χ2n) is 4.06. The minimum Gasteiger partial charge on any atom is -0.400 e. The van der Waals surface area contributed by atoms with Gasteiger partial charge >= 0.3 is 0 Å². The summed E-state index contributed by atoms with van der Waals surface area (Å²) in [5, 5.41) is 16.0. The maximum Gasteiger partial charge on any atom is 0.167 e. The number of nitrogens with zero attached hydrogens (tertiary/aromatic N) is 4. The van der Waals surface area contributed by atoms with E-state index in [1.807, 2.05) is 4.57 Å². The molecule has 1 fully saturated rings. The van der Waals surface area contributed by atoms with Gasteiger partial charge in [-0.1, -0.05) is 0 Å². The van der Waals surface area contributed by atoms with Crippen molar-refractivity contribution in [1.29, 1.82) is 0 Å². The Kier molecular flexibility index (Phi) is 6.55. The summed E-state index contributed by atoms with van der Waals surface area (Å²) in [4.78, 5) is 12.2. The van der Waals surface area contributed by atoms with Crippen molar-refractivity contribution in [3.8, 4) is 12.8 Å². The number of fused-ring (bicyclic) bond motifs is 1. The van der Waals surface area contributed by atoms with Gasteiger partial charge in [-0.05, 0) is 12.8 Å². The van der Waals surface area contributed by atoms with Crippen LogP contribution in [0.15, 0.2) is 12.7 Å². The van der Waals surface area contributed by atoms with Crippen molar-refractivity contribution >= 4 is 17.0 Å². The number of terminal acetylenes is 1. The van der Waals surface area contributed by atoms with E-state index in [1.54, 1.807) is 6.33 Å². The molecule has 0 saturated carbocycles. The number of ether oxygens (including phenoxy) is 1. The van der Waals surface area contributed by atoms with Crippen molar-refractivity contribution in [2.24, 2.45) is 0 Å². The number of aliphatic hydroxyl groups excluding tert-OH is 2. The van der Waals surface area contributed by atoms with E-state index in [0.29, 0.717) is 17.0 Å². The maximum atomic E-state index is 9.04. The predicted molar refractivity (Wildman–Crippen MR) is 78.0 cm³/mol. The summed E-state index contributed by atoms with van der Waals surface area (Å²) in [5.74, 6) is 0.366. The number of hydrogen-bond acceptors (Lipinski definition) is 7. The standard InChI is InChI=1S/C10H13N5O2.C2H2.CH4O/c11-9-8-10(13-4-12-9)15(5-14-8)7-2-1-6(3-16)17-7;2*1-2/h4-7,16H,1-3H2,(H2,11,12,13);1-2H;2H,1H3. The van der Waals surface area contributed by atoms with Crippen LogP contribution < -0.4 is 5.73 Å². The minimum absolute atomic E-state index is 0.0419. The molecule has 1 aliphatic rings. The highest BCUT2D eigenvalue weighted by Crippen LogP contribution is 2.30. The molecule has 3 heterocycles. The summed E-state index contributed by atoms with van der Waals surface area (Å²) in [6, 6.07) is 0. The van der Waals surface area contributed by atoms with E-state index in [9.17, 15) is 0 Å². The van der Waals surface area contributed by atoms with Gasteiger partial charge in [0.1, 0.15) is 18.1 Å². The first kappa shape index (κ1) is 16.8. The second-order valence-corrected chi connectivity index (χ2v) is 4.06. The highest BCUT2D eigenvalue weighted by Gasteiger charge is 2.27. The molecule has 4 N–H and O–H groups in total. The molecule has 0 aliphatic carbocycles. The van der Waals surface area contributed by atoms with E-state index in [0.717, 1.165) is 20.0 Å². The molecule has 114 valence electrons. The third-order valence-corrected chi connectivity index (χ3v) is 2.99. The maximum absolute atomic E-state index is 9.04. The van der Waals surface area contributed by atoms with Gasteiger partial charge < -0.3 is 20.7 Å². The molecule has 0 aromatic carbocycles. The molecule has 2 unspecified atom stereocenters. The fourth-order valence-electron chi connectivity index (χ4n) is 2.11. The normalized spacial score (nSPS) is 20.2. The van der Waals surface area contributed by atoms with Crippen molar-refractivity contribution in [1.82, 2.24) is 19.5 Å². The Bertz CT molecular complexity index is 583. The number of imidazole rings is 1. The zero-order valence-corrected chi connectivity index (χ0v) is 11.8. The van der Waals surface area contributed by atoms with Gasteiger partial charge in [0.2, 0.25) is 0 Å². The Labute approximate surface area is 122 Å². The average Bonchev–Trinajstić information content (AvgIpc) is 3.18. The van der Waals surface area contributed by atoms with Crippen LogP contribution in [-0.2, 0) is 4.74 Å². The monoisotopic (exact) mass is 293 g/mol. The van der Waals surface area contributed by atoms with E-state index in [4.69, 9.17) is 20.7 Å². The second kappa shape index (κ2) is 8.16. The number of rotatable bonds is 2. The van der Waals surface area contributed by atoms with Crippen LogP contribution in [0.3, 0.4) is 0 Å². The predicted octanol–water partition coefficient (Wildman–Crippen LogP) is -0.0637. The summed E-state index contributed by atoms with van der Waals surface area (Å²) >= 11 is 0. The van der Waals surface area contributed by atoms with Crippen molar-refractivity contribution in [2.45, 2.75) is 25.2 Å². The van der Waals surface area contributed by atoms with E-state index in [-0.39, 0.29) is 18.9 Å². The molecule has 1 aliphatic heterocycles. The first-order chi connectivity index (χ1) is 10.3. The lowest BCUT2D eigenvalue weighted by Gasteiger charge is -2.13. The summed E-state index contributed by atoms with van der Waals surface area (Å²) < 4.78 is 7.51. The first-order valence-corrected chi connectivity index (χ1v) is 6.27. The molecular weight excluding hydrogens is 274 g/mol. The fourth-order valence-corrected chi connectivity index (χ4v) is 2.11. The van der Waals surface area contributed by atoms with Gasteiger partial charge in [0.15, 0.2) is 11.5 Å². The number of hydrogen-bond donors (Lipinski definition) is 3. The van der Waals surface area contributed by atoms with Crippen LogP contribution in [0.2, 0.25) is 0 Å². The number of anilines is 1. The number of nitrogens with two attached hydrogens (primary N) is 1. The van der Waals surface area contributed by atoms with Crippen molar-refractivity contribution in [3.63, 3.8) is 0 Å². The minimum atomic E-state index is -0.133. The van der Waals surface area contributed by atoms with Gasteiger partial charge in [-0.3, -0.25) is 4.57 Å². The van der Waals surface area contributed by atoms with Gasteiger partial charge in [-0.15, -0.1) is 12.8 Å². The lowest BCUT2D eigenvalue weighted by molar-refractivity contribution is -0.0207. The fraction of sp³-hybridized carbons (Fsp3) is 0.462. The highest BCUT2D eigenvalue weighted by molar-refractivity contribution is 5.81. The molecule has 2 aromatic heterocycles.